The second-order valence-corrected chi connectivity index (χ2v) is 12.3. The van der Waals surface area contributed by atoms with Crippen molar-refractivity contribution in [2.24, 2.45) is 0 Å². The Morgan fingerprint density at radius 3 is 2.07 bits per heavy atom. The average Bonchev–Trinajstić information content (AvgIpc) is 3.03. The zero-order valence-electron chi connectivity index (χ0n) is 25.3. The van der Waals surface area contributed by atoms with Crippen LogP contribution in [0.3, 0.4) is 0 Å². The number of para-hydroxylation sites is 1. The monoisotopic (exact) mass is 613 g/mol. The van der Waals surface area contributed by atoms with Crippen LogP contribution in [0.1, 0.15) is 37.8 Å². The van der Waals surface area contributed by atoms with Crippen LogP contribution in [-0.4, -0.2) is 44.3 Å². The van der Waals surface area contributed by atoms with E-state index in [-0.39, 0.29) is 17.3 Å². The predicted octanol–water partition coefficient (Wildman–Crippen LogP) is 6.32. The van der Waals surface area contributed by atoms with Crippen molar-refractivity contribution in [3.8, 4) is 11.5 Å². The zero-order valence-corrected chi connectivity index (χ0v) is 26.2. The fourth-order valence-electron chi connectivity index (χ4n) is 4.85. The minimum Gasteiger partial charge on any atom is -0.457 e. The van der Waals surface area contributed by atoms with E-state index in [1.165, 1.54) is 17.0 Å². The average molecular weight is 614 g/mol. The van der Waals surface area contributed by atoms with Gasteiger partial charge in [0.2, 0.25) is 11.8 Å². The summed E-state index contributed by atoms with van der Waals surface area (Å²) in [5.41, 5.74) is 2.16. The molecule has 0 aliphatic heterocycles. The number of carbonyl (C=O) groups excluding carboxylic acids is 2. The third-order valence-electron chi connectivity index (χ3n) is 7.08. The lowest BCUT2D eigenvalue weighted by Crippen LogP contribution is -2.52. The number of amides is 2. The van der Waals surface area contributed by atoms with Gasteiger partial charge in [-0.15, -0.1) is 0 Å². The molecule has 0 saturated carbocycles. The number of anilines is 1. The number of hydrogen-bond acceptors (Lipinski definition) is 5. The molecule has 0 aliphatic rings. The molecule has 2 amide bonds. The molecule has 4 rings (SSSR count). The number of ether oxygens (including phenoxy) is 1. The Balaban J connectivity index is 1.71. The Bertz CT molecular complexity index is 1630. The van der Waals surface area contributed by atoms with Crippen molar-refractivity contribution in [2.45, 2.75) is 51.1 Å². The second kappa shape index (κ2) is 15.2. The van der Waals surface area contributed by atoms with Crippen molar-refractivity contribution in [1.29, 1.82) is 0 Å². The molecule has 1 N–H and O–H groups in total. The smallest absolute Gasteiger partial charge is 0.264 e. The SMILES string of the molecule is CCCNC(=O)[C@H](CC)N(Cc1cccc(C)c1)C(=O)CN(c1ccc(Oc2ccccc2)cc1)S(=O)(=O)c1ccccc1. The van der Waals surface area contributed by atoms with E-state index in [0.717, 1.165) is 21.9 Å². The van der Waals surface area contributed by atoms with Gasteiger partial charge in [0.1, 0.15) is 24.1 Å². The van der Waals surface area contributed by atoms with Crippen LogP contribution in [-0.2, 0) is 26.2 Å². The maximum Gasteiger partial charge on any atom is 0.264 e. The molecule has 4 aromatic rings. The van der Waals surface area contributed by atoms with Gasteiger partial charge in [-0.2, -0.15) is 0 Å². The summed E-state index contributed by atoms with van der Waals surface area (Å²) in [4.78, 5) is 29.0. The first kappa shape index (κ1) is 32.3. The topological polar surface area (TPSA) is 96.0 Å². The fourth-order valence-corrected chi connectivity index (χ4v) is 6.28. The standard InChI is InChI=1S/C35H39N3O5S/c1-4-23-36-35(40)33(5-2)37(25-28-14-12-13-27(3)24-28)34(39)26-38(44(41,42)32-17-10-7-11-18-32)29-19-21-31(22-20-29)43-30-15-8-6-9-16-30/h6-22,24,33H,4-5,23,25-26H2,1-3H3,(H,36,40)/t33-/m0/s1. The number of aryl methyl sites for hydroxylation is 1. The first-order valence-electron chi connectivity index (χ1n) is 14.8. The normalized spacial score (nSPS) is 11.8. The maximum atomic E-state index is 14.2. The minimum atomic E-state index is -4.16. The molecule has 0 spiro atoms. The van der Waals surface area contributed by atoms with E-state index in [1.54, 1.807) is 42.5 Å². The molecule has 0 aliphatic carbocycles. The van der Waals surface area contributed by atoms with Gasteiger partial charge >= 0.3 is 0 Å². The highest BCUT2D eigenvalue weighted by Gasteiger charge is 2.33. The Labute approximate surface area is 260 Å². The molecular formula is C35H39N3O5S. The summed E-state index contributed by atoms with van der Waals surface area (Å²) < 4.78 is 35.0. The van der Waals surface area contributed by atoms with Crippen LogP contribution in [0.4, 0.5) is 5.69 Å². The molecule has 0 fully saturated rings. The Hall–Kier alpha value is -4.63. The van der Waals surface area contributed by atoms with Gasteiger partial charge in [0, 0.05) is 13.1 Å². The second-order valence-electron chi connectivity index (χ2n) is 10.5. The summed E-state index contributed by atoms with van der Waals surface area (Å²) in [5, 5.41) is 2.90. The molecule has 44 heavy (non-hydrogen) atoms. The van der Waals surface area contributed by atoms with Crippen molar-refractivity contribution in [3.05, 3.63) is 120 Å². The molecule has 0 unspecified atom stereocenters. The zero-order chi connectivity index (χ0) is 31.5. The Morgan fingerprint density at radius 2 is 1.45 bits per heavy atom. The summed E-state index contributed by atoms with van der Waals surface area (Å²) >= 11 is 0. The van der Waals surface area contributed by atoms with Gasteiger partial charge < -0.3 is 15.0 Å². The lowest BCUT2D eigenvalue weighted by molar-refractivity contribution is -0.140. The molecule has 4 aromatic carbocycles. The van der Waals surface area contributed by atoms with Crippen LogP contribution < -0.4 is 14.4 Å². The van der Waals surface area contributed by atoms with E-state index in [9.17, 15) is 18.0 Å². The summed E-state index contributed by atoms with van der Waals surface area (Å²) in [5.74, 6) is 0.398. The molecule has 8 nitrogen and oxygen atoms in total. The van der Waals surface area contributed by atoms with E-state index in [4.69, 9.17) is 4.74 Å². The van der Waals surface area contributed by atoms with Gasteiger partial charge in [0.15, 0.2) is 0 Å². The van der Waals surface area contributed by atoms with Gasteiger partial charge in [0.05, 0.1) is 10.6 Å². The third-order valence-corrected chi connectivity index (χ3v) is 8.87. The Morgan fingerprint density at radius 1 is 0.818 bits per heavy atom. The molecule has 0 heterocycles. The van der Waals surface area contributed by atoms with Crippen LogP contribution in [0, 0.1) is 6.92 Å². The first-order chi connectivity index (χ1) is 21.2. The number of hydrogen-bond donors (Lipinski definition) is 1. The molecule has 0 bridgehead atoms. The number of rotatable bonds is 14. The van der Waals surface area contributed by atoms with Gasteiger partial charge in [0.25, 0.3) is 10.0 Å². The van der Waals surface area contributed by atoms with Crippen molar-refractivity contribution < 1.29 is 22.7 Å². The van der Waals surface area contributed by atoms with Gasteiger partial charge in [-0.25, -0.2) is 8.42 Å². The van der Waals surface area contributed by atoms with E-state index in [2.05, 4.69) is 5.32 Å². The number of nitrogens with zero attached hydrogens (tertiary/aromatic N) is 2. The number of sulfonamides is 1. The van der Waals surface area contributed by atoms with Gasteiger partial charge in [-0.05, 0) is 73.9 Å². The Kier molecular flexibility index (Phi) is 11.2. The van der Waals surface area contributed by atoms with Crippen LogP contribution in [0.25, 0.3) is 0 Å². The minimum absolute atomic E-state index is 0.0513. The lowest BCUT2D eigenvalue weighted by Gasteiger charge is -2.33. The van der Waals surface area contributed by atoms with Crippen LogP contribution in [0.5, 0.6) is 11.5 Å². The third kappa shape index (κ3) is 8.26. The molecule has 0 radical (unpaired) electrons. The van der Waals surface area contributed by atoms with E-state index in [1.807, 2.05) is 75.4 Å². The highest BCUT2D eigenvalue weighted by molar-refractivity contribution is 7.92. The summed E-state index contributed by atoms with van der Waals surface area (Å²) in [6.07, 6.45) is 1.12. The van der Waals surface area contributed by atoms with E-state index < -0.39 is 28.5 Å². The summed E-state index contributed by atoms with van der Waals surface area (Å²) in [6.45, 7) is 5.89. The van der Waals surface area contributed by atoms with Gasteiger partial charge in [-0.3, -0.25) is 13.9 Å². The molecular weight excluding hydrogens is 574 g/mol. The molecule has 1 atom stereocenters. The highest BCUT2D eigenvalue weighted by atomic mass is 32.2. The van der Waals surface area contributed by atoms with Crippen LogP contribution in [0.2, 0.25) is 0 Å². The predicted molar refractivity (Wildman–Crippen MR) is 173 cm³/mol. The van der Waals surface area contributed by atoms with Gasteiger partial charge in [-0.1, -0.05) is 80.1 Å². The van der Waals surface area contributed by atoms with Crippen LogP contribution in [0.15, 0.2) is 114 Å². The van der Waals surface area contributed by atoms with Crippen molar-refractivity contribution in [3.63, 3.8) is 0 Å². The number of carbonyl (C=O) groups is 2. The fraction of sp³-hybridized carbons (Fsp3) is 0.257. The lowest BCUT2D eigenvalue weighted by atomic mass is 10.1. The number of nitrogens with one attached hydrogen (secondary N) is 1. The molecule has 9 heteroatoms. The van der Waals surface area contributed by atoms with Crippen molar-refractivity contribution in [1.82, 2.24) is 10.2 Å². The van der Waals surface area contributed by atoms with Crippen LogP contribution >= 0.6 is 0 Å². The summed E-state index contributed by atoms with van der Waals surface area (Å²) in [7, 11) is -4.16. The van der Waals surface area contributed by atoms with Crippen molar-refractivity contribution >= 4 is 27.5 Å². The first-order valence-corrected chi connectivity index (χ1v) is 16.2. The molecule has 0 aromatic heterocycles. The van der Waals surface area contributed by atoms with Crippen molar-refractivity contribution in [2.75, 3.05) is 17.4 Å². The highest BCUT2D eigenvalue weighted by Crippen LogP contribution is 2.28. The molecule has 230 valence electrons. The van der Waals surface area contributed by atoms with E-state index in [0.29, 0.717) is 30.2 Å². The largest absolute Gasteiger partial charge is 0.457 e. The summed E-state index contributed by atoms with van der Waals surface area (Å²) in [6, 6.07) is 30.7. The quantitative estimate of drug-likeness (QED) is 0.180. The number of benzene rings is 4. The maximum absolute atomic E-state index is 14.2. The molecule has 0 saturated heterocycles. The van der Waals surface area contributed by atoms with E-state index >= 15 is 0 Å².